The molecule has 2 unspecified atom stereocenters. The van der Waals surface area contributed by atoms with Crippen molar-refractivity contribution < 1.29 is 33.3 Å². The van der Waals surface area contributed by atoms with E-state index in [1.807, 2.05) is 0 Å². The zero-order valence-corrected chi connectivity index (χ0v) is 10.7. The van der Waals surface area contributed by atoms with Gasteiger partial charge in [-0.3, -0.25) is 14.4 Å². The number of carbonyl (C=O) groups excluding carboxylic acids is 3. The third-order valence-corrected chi connectivity index (χ3v) is 2.29. The van der Waals surface area contributed by atoms with Crippen molar-refractivity contribution in [3.63, 3.8) is 0 Å². The van der Waals surface area contributed by atoms with Crippen molar-refractivity contribution in [2.24, 2.45) is 0 Å². The predicted octanol–water partition coefficient (Wildman–Crippen LogP) is 0.158. The molecule has 0 radical (unpaired) electrons. The van der Waals surface area contributed by atoms with Gasteiger partial charge < -0.3 is 18.9 Å². The van der Waals surface area contributed by atoms with E-state index in [1.165, 1.54) is 20.8 Å². The number of ether oxygens (including phenoxy) is 4. The Kier molecular flexibility index (Phi) is 4.66. The zero-order valence-electron chi connectivity index (χ0n) is 10.7. The molecule has 1 aliphatic heterocycles. The molecule has 0 aromatic heterocycles. The van der Waals surface area contributed by atoms with Crippen LogP contribution in [0.5, 0.6) is 0 Å². The molecule has 0 saturated carbocycles. The molecule has 1 fully saturated rings. The first-order valence-electron chi connectivity index (χ1n) is 5.48. The first kappa shape index (κ1) is 14.4. The maximum Gasteiger partial charge on any atom is 0.305 e. The molecule has 18 heavy (non-hydrogen) atoms. The van der Waals surface area contributed by atoms with Crippen LogP contribution in [0.25, 0.3) is 0 Å². The van der Waals surface area contributed by atoms with Gasteiger partial charge in [0, 0.05) is 20.8 Å². The van der Waals surface area contributed by atoms with Gasteiger partial charge in [-0.05, 0) is 6.92 Å². The van der Waals surface area contributed by atoms with Crippen LogP contribution in [-0.2, 0) is 33.3 Å². The van der Waals surface area contributed by atoms with Crippen molar-refractivity contribution >= 4 is 17.9 Å². The van der Waals surface area contributed by atoms with Gasteiger partial charge in [-0.15, -0.1) is 0 Å². The van der Waals surface area contributed by atoms with E-state index in [0.717, 1.165) is 0 Å². The van der Waals surface area contributed by atoms with Gasteiger partial charge in [0.2, 0.25) is 12.4 Å². The molecule has 0 bridgehead atoms. The molecule has 1 heterocycles. The Morgan fingerprint density at radius 2 is 1.28 bits per heavy atom. The SMILES string of the molecule is CC(=O)OC1OC(C)[C@@H](OC(C)=O)[C@H]1OC(C)=O. The number of rotatable bonds is 3. The average Bonchev–Trinajstić information content (AvgIpc) is 2.43. The molecule has 0 aromatic carbocycles. The topological polar surface area (TPSA) is 88.1 Å². The van der Waals surface area contributed by atoms with Gasteiger partial charge in [-0.1, -0.05) is 0 Å². The van der Waals surface area contributed by atoms with E-state index in [4.69, 9.17) is 18.9 Å². The summed E-state index contributed by atoms with van der Waals surface area (Å²) in [5.74, 6) is -1.68. The van der Waals surface area contributed by atoms with Crippen molar-refractivity contribution in [2.75, 3.05) is 0 Å². The summed E-state index contributed by atoms with van der Waals surface area (Å²) in [6, 6.07) is 0. The molecule has 7 nitrogen and oxygen atoms in total. The summed E-state index contributed by atoms with van der Waals surface area (Å²) in [6.07, 6.45) is -3.35. The highest BCUT2D eigenvalue weighted by Crippen LogP contribution is 2.27. The number of hydrogen-bond acceptors (Lipinski definition) is 7. The molecular weight excluding hydrogens is 244 g/mol. The lowest BCUT2D eigenvalue weighted by atomic mass is 10.1. The lowest BCUT2D eigenvalue weighted by Crippen LogP contribution is -2.40. The lowest BCUT2D eigenvalue weighted by molar-refractivity contribution is -0.194. The number of hydrogen-bond donors (Lipinski definition) is 0. The second kappa shape index (κ2) is 5.81. The second-order valence-corrected chi connectivity index (χ2v) is 3.97. The Labute approximate surface area is 104 Å². The quantitative estimate of drug-likeness (QED) is 0.527. The first-order chi connectivity index (χ1) is 8.31. The first-order valence-corrected chi connectivity index (χ1v) is 5.48. The van der Waals surface area contributed by atoms with Gasteiger partial charge in [0.05, 0.1) is 6.10 Å². The van der Waals surface area contributed by atoms with Crippen molar-refractivity contribution in [1.82, 2.24) is 0 Å². The second-order valence-electron chi connectivity index (χ2n) is 3.97. The minimum absolute atomic E-state index is 0.531. The molecule has 102 valence electrons. The minimum Gasteiger partial charge on any atom is -0.456 e. The van der Waals surface area contributed by atoms with Gasteiger partial charge in [0.25, 0.3) is 0 Å². The van der Waals surface area contributed by atoms with E-state index in [2.05, 4.69) is 0 Å². The van der Waals surface area contributed by atoms with Crippen LogP contribution in [-0.4, -0.2) is 42.5 Å². The standard InChI is InChI=1S/C11H16O7/c1-5-9(16-6(2)12)10(17-7(3)13)11(15-5)18-8(4)14/h5,9-11H,1-4H3/t5?,9-,10-,11?/m1/s1. The Morgan fingerprint density at radius 1 is 0.833 bits per heavy atom. The Hall–Kier alpha value is -1.63. The summed E-state index contributed by atoms with van der Waals surface area (Å²) in [5.41, 5.74) is 0. The van der Waals surface area contributed by atoms with Crippen molar-refractivity contribution in [1.29, 1.82) is 0 Å². The molecule has 1 aliphatic rings. The van der Waals surface area contributed by atoms with E-state index in [-0.39, 0.29) is 0 Å². The van der Waals surface area contributed by atoms with Crippen LogP contribution in [0.4, 0.5) is 0 Å². The third-order valence-electron chi connectivity index (χ3n) is 2.29. The largest absolute Gasteiger partial charge is 0.456 e. The fourth-order valence-corrected chi connectivity index (χ4v) is 1.72. The van der Waals surface area contributed by atoms with E-state index < -0.39 is 42.5 Å². The summed E-state index contributed by atoms with van der Waals surface area (Å²) in [4.78, 5) is 32.9. The van der Waals surface area contributed by atoms with Crippen LogP contribution in [0.2, 0.25) is 0 Å². The maximum atomic E-state index is 11.0. The van der Waals surface area contributed by atoms with Crippen molar-refractivity contribution in [3.8, 4) is 0 Å². The lowest BCUT2D eigenvalue weighted by Gasteiger charge is -2.22. The minimum atomic E-state index is -1.06. The van der Waals surface area contributed by atoms with Crippen LogP contribution >= 0.6 is 0 Å². The van der Waals surface area contributed by atoms with Crippen LogP contribution in [0.15, 0.2) is 0 Å². The molecule has 7 heteroatoms. The molecule has 0 aliphatic carbocycles. The van der Waals surface area contributed by atoms with E-state index in [1.54, 1.807) is 6.92 Å². The molecule has 0 aromatic rings. The highest BCUT2D eigenvalue weighted by Gasteiger charge is 2.49. The van der Waals surface area contributed by atoms with Gasteiger partial charge in [0.15, 0.2) is 6.10 Å². The molecule has 1 rings (SSSR count). The van der Waals surface area contributed by atoms with Crippen LogP contribution < -0.4 is 0 Å². The van der Waals surface area contributed by atoms with Crippen molar-refractivity contribution in [2.45, 2.75) is 52.3 Å². The molecule has 0 N–H and O–H groups in total. The van der Waals surface area contributed by atoms with Gasteiger partial charge >= 0.3 is 17.9 Å². The van der Waals surface area contributed by atoms with Crippen LogP contribution in [0.1, 0.15) is 27.7 Å². The molecule has 0 spiro atoms. The number of carbonyl (C=O) groups is 3. The highest BCUT2D eigenvalue weighted by molar-refractivity contribution is 5.68. The van der Waals surface area contributed by atoms with Crippen molar-refractivity contribution in [3.05, 3.63) is 0 Å². The molecular formula is C11H16O7. The van der Waals surface area contributed by atoms with Gasteiger partial charge in [-0.2, -0.15) is 0 Å². The van der Waals surface area contributed by atoms with E-state index in [0.29, 0.717) is 0 Å². The molecule has 1 saturated heterocycles. The van der Waals surface area contributed by atoms with Gasteiger partial charge in [0.1, 0.15) is 0 Å². The zero-order chi connectivity index (χ0) is 13.9. The average molecular weight is 260 g/mol. The Bertz CT molecular complexity index is 351. The summed E-state index contributed by atoms with van der Waals surface area (Å²) in [5, 5.41) is 0. The number of esters is 3. The van der Waals surface area contributed by atoms with Gasteiger partial charge in [-0.25, -0.2) is 0 Å². The predicted molar refractivity (Wildman–Crippen MR) is 57.2 cm³/mol. The maximum absolute atomic E-state index is 11.0. The monoisotopic (exact) mass is 260 g/mol. The highest BCUT2D eigenvalue weighted by atomic mass is 16.7. The fourth-order valence-electron chi connectivity index (χ4n) is 1.72. The molecule has 0 amide bonds. The summed E-state index contributed by atoms with van der Waals surface area (Å²) in [7, 11) is 0. The normalized spacial score (nSPS) is 30.7. The summed E-state index contributed by atoms with van der Waals surface area (Å²) < 4.78 is 20.2. The van der Waals surface area contributed by atoms with E-state index in [9.17, 15) is 14.4 Å². The molecule has 4 atom stereocenters. The Morgan fingerprint density at radius 3 is 1.72 bits per heavy atom. The third kappa shape index (κ3) is 3.69. The van der Waals surface area contributed by atoms with E-state index >= 15 is 0 Å². The van der Waals surface area contributed by atoms with Crippen LogP contribution in [0.3, 0.4) is 0 Å². The summed E-state index contributed by atoms with van der Waals surface area (Å²) in [6.45, 7) is 5.28. The van der Waals surface area contributed by atoms with Crippen LogP contribution in [0, 0.1) is 0 Å². The fraction of sp³-hybridized carbons (Fsp3) is 0.727. The smallest absolute Gasteiger partial charge is 0.305 e. The summed E-state index contributed by atoms with van der Waals surface area (Å²) >= 11 is 0. The Balaban J connectivity index is 2.83.